The van der Waals surface area contributed by atoms with Crippen LogP contribution >= 0.6 is 0 Å². The number of methoxy groups -OCH3 is 1. The zero-order valence-electron chi connectivity index (χ0n) is 12.2. The van der Waals surface area contributed by atoms with E-state index in [1.807, 2.05) is 16.8 Å². The Balaban J connectivity index is 2.00. The normalized spacial score (nSPS) is 19.6. The molecule has 3 rings (SSSR count). The van der Waals surface area contributed by atoms with Gasteiger partial charge in [-0.2, -0.15) is 0 Å². The van der Waals surface area contributed by atoms with Crippen LogP contribution in [0.25, 0.3) is 11.4 Å². The topological polar surface area (TPSA) is 88.1 Å². The van der Waals surface area contributed by atoms with Gasteiger partial charge in [0, 0.05) is 18.2 Å². The fourth-order valence-electron chi connectivity index (χ4n) is 2.68. The first kappa shape index (κ1) is 13.8. The molecule has 0 radical (unpaired) electrons. The van der Waals surface area contributed by atoms with Crippen molar-refractivity contribution in [1.82, 2.24) is 20.2 Å². The van der Waals surface area contributed by atoms with Crippen molar-refractivity contribution >= 4 is 5.69 Å². The first-order valence-electron chi connectivity index (χ1n) is 7.00. The van der Waals surface area contributed by atoms with Crippen LogP contribution in [0.3, 0.4) is 0 Å². The third kappa shape index (κ3) is 2.56. The van der Waals surface area contributed by atoms with Gasteiger partial charge < -0.3 is 15.2 Å². The number of anilines is 1. The Hall–Kier alpha value is -2.15. The number of nitrogens with two attached hydrogens (primary N) is 1. The first-order valence-corrected chi connectivity index (χ1v) is 7.00. The molecule has 1 aromatic heterocycles. The molecule has 0 bridgehead atoms. The summed E-state index contributed by atoms with van der Waals surface area (Å²) < 4.78 is 12.7. The lowest BCUT2D eigenvalue weighted by molar-refractivity contribution is 0.173. The van der Waals surface area contributed by atoms with Crippen molar-refractivity contribution in [2.45, 2.75) is 19.4 Å². The molecule has 2 heterocycles. The van der Waals surface area contributed by atoms with E-state index in [0.717, 1.165) is 25.2 Å². The second kappa shape index (κ2) is 5.69. The van der Waals surface area contributed by atoms with E-state index >= 15 is 0 Å². The lowest BCUT2D eigenvalue weighted by Crippen LogP contribution is -2.19. The van der Waals surface area contributed by atoms with E-state index in [1.165, 1.54) is 0 Å². The smallest absolute Gasteiger partial charge is 0.186 e. The van der Waals surface area contributed by atoms with E-state index in [9.17, 15) is 0 Å². The van der Waals surface area contributed by atoms with Gasteiger partial charge in [-0.15, -0.1) is 5.10 Å². The minimum atomic E-state index is 0.156. The fraction of sp³-hybridized carbons (Fsp3) is 0.500. The second-order valence-electron chi connectivity index (χ2n) is 5.27. The molecule has 1 aliphatic heterocycles. The Morgan fingerprint density at radius 3 is 3.05 bits per heavy atom. The number of hydrogen-bond donors (Lipinski definition) is 1. The molecule has 0 saturated carbocycles. The van der Waals surface area contributed by atoms with Crippen LogP contribution in [-0.2, 0) is 4.74 Å². The monoisotopic (exact) mass is 289 g/mol. The second-order valence-corrected chi connectivity index (χ2v) is 5.27. The predicted molar refractivity (Wildman–Crippen MR) is 77.9 cm³/mol. The standard InChI is InChI=1S/C14H19N5O2/c1-9(10-5-6-21-8-10)19-14(16-17-18-19)12-7-11(15)3-4-13(12)20-2/h3-4,7,9-10H,5-6,8,15H2,1-2H3. The molecule has 0 spiro atoms. The van der Waals surface area contributed by atoms with Crippen LogP contribution in [0, 0.1) is 5.92 Å². The van der Waals surface area contributed by atoms with Gasteiger partial charge in [-0.1, -0.05) is 0 Å². The maximum absolute atomic E-state index is 5.88. The molecular formula is C14H19N5O2. The summed E-state index contributed by atoms with van der Waals surface area (Å²) in [7, 11) is 1.62. The molecule has 0 amide bonds. The molecule has 2 aromatic rings. The third-order valence-corrected chi connectivity index (χ3v) is 3.99. The molecule has 2 N–H and O–H groups in total. The van der Waals surface area contributed by atoms with Gasteiger partial charge in [0.05, 0.1) is 25.3 Å². The summed E-state index contributed by atoms with van der Waals surface area (Å²) in [5, 5.41) is 12.1. The summed E-state index contributed by atoms with van der Waals surface area (Å²) in [5.41, 5.74) is 7.33. The number of rotatable bonds is 4. The van der Waals surface area contributed by atoms with Crippen LogP contribution in [-0.4, -0.2) is 40.5 Å². The minimum Gasteiger partial charge on any atom is -0.496 e. The van der Waals surface area contributed by atoms with Gasteiger partial charge in [-0.25, -0.2) is 4.68 Å². The molecule has 7 heteroatoms. The molecule has 21 heavy (non-hydrogen) atoms. The van der Waals surface area contributed by atoms with Gasteiger partial charge in [0.1, 0.15) is 5.75 Å². The lowest BCUT2D eigenvalue weighted by atomic mass is 10.0. The van der Waals surface area contributed by atoms with Crippen molar-refractivity contribution in [2.75, 3.05) is 26.1 Å². The predicted octanol–water partition coefficient (Wildman–Crippen LogP) is 1.53. The van der Waals surface area contributed by atoms with E-state index in [-0.39, 0.29) is 6.04 Å². The van der Waals surface area contributed by atoms with Gasteiger partial charge in [-0.3, -0.25) is 0 Å². The van der Waals surface area contributed by atoms with Crippen molar-refractivity contribution in [3.05, 3.63) is 18.2 Å². The highest BCUT2D eigenvalue weighted by atomic mass is 16.5. The number of tetrazole rings is 1. The van der Waals surface area contributed by atoms with Crippen LogP contribution in [0.1, 0.15) is 19.4 Å². The van der Waals surface area contributed by atoms with E-state index in [4.69, 9.17) is 15.2 Å². The Bertz CT molecular complexity index is 622. The van der Waals surface area contributed by atoms with Gasteiger partial charge >= 0.3 is 0 Å². The van der Waals surface area contributed by atoms with Gasteiger partial charge in [0.25, 0.3) is 0 Å². The van der Waals surface area contributed by atoms with Gasteiger partial charge in [0.15, 0.2) is 5.82 Å². The number of nitrogen functional groups attached to an aromatic ring is 1. The summed E-state index contributed by atoms with van der Waals surface area (Å²) in [6.07, 6.45) is 1.02. The van der Waals surface area contributed by atoms with Crippen molar-refractivity contribution in [1.29, 1.82) is 0 Å². The molecule has 7 nitrogen and oxygen atoms in total. The van der Waals surface area contributed by atoms with E-state index < -0.39 is 0 Å². The van der Waals surface area contributed by atoms with Crippen molar-refractivity contribution in [3.63, 3.8) is 0 Å². The maximum atomic E-state index is 5.88. The van der Waals surface area contributed by atoms with Crippen LogP contribution < -0.4 is 10.5 Å². The molecule has 1 saturated heterocycles. The summed E-state index contributed by atoms with van der Waals surface area (Å²) in [6, 6.07) is 5.61. The summed E-state index contributed by atoms with van der Waals surface area (Å²) in [4.78, 5) is 0. The van der Waals surface area contributed by atoms with Crippen LogP contribution in [0.5, 0.6) is 5.75 Å². The maximum Gasteiger partial charge on any atom is 0.186 e. The molecular weight excluding hydrogens is 270 g/mol. The molecule has 1 fully saturated rings. The average molecular weight is 289 g/mol. The highest BCUT2D eigenvalue weighted by Crippen LogP contribution is 2.33. The highest BCUT2D eigenvalue weighted by molar-refractivity contribution is 5.68. The van der Waals surface area contributed by atoms with Crippen LogP contribution in [0.4, 0.5) is 5.69 Å². The quantitative estimate of drug-likeness (QED) is 0.859. The Morgan fingerprint density at radius 1 is 1.48 bits per heavy atom. The molecule has 1 aliphatic rings. The van der Waals surface area contributed by atoms with Gasteiger partial charge in [0.2, 0.25) is 0 Å². The minimum absolute atomic E-state index is 0.156. The highest BCUT2D eigenvalue weighted by Gasteiger charge is 2.27. The van der Waals surface area contributed by atoms with Crippen molar-refractivity contribution in [2.24, 2.45) is 5.92 Å². The SMILES string of the molecule is COc1ccc(N)cc1-c1nnnn1C(C)C1CCOC1. The fourth-order valence-corrected chi connectivity index (χ4v) is 2.68. The summed E-state index contributed by atoms with van der Waals surface area (Å²) >= 11 is 0. The average Bonchev–Trinajstić information content (AvgIpc) is 3.18. The first-order chi connectivity index (χ1) is 10.2. The van der Waals surface area contributed by atoms with Crippen molar-refractivity contribution < 1.29 is 9.47 Å². The molecule has 2 unspecified atom stereocenters. The largest absolute Gasteiger partial charge is 0.496 e. The molecule has 2 atom stereocenters. The Kier molecular flexibility index (Phi) is 3.74. The number of aromatic nitrogens is 4. The lowest BCUT2D eigenvalue weighted by Gasteiger charge is -2.19. The van der Waals surface area contributed by atoms with Gasteiger partial charge in [-0.05, 0) is 42.0 Å². The molecule has 112 valence electrons. The zero-order valence-corrected chi connectivity index (χ0v) is 12.2. The van der Waals surface area contributed by atoms with Crippen LogP contribution in [0.2, 0.25) is 0 Å². The number of ether oxygens (including phenoxy) is 2. The third-order valence-electron chi connectivity index (χ3n) is 3.99. The Morgan fingerprint density at radius 2 is 2.33 bits per heavy atom. The van der Waals surface area contributed by atoms with E-state index in [1.54, 1.807) is 13.2 Å². The van der Waals surface area contributed by atoms with Crippen LogP contribution in [0.15, 0.2) is 18.2 Å². The molecule has 1 aromatic carbocycles. The van der Waals surface area contributed by atoms with E-state index in [2.05, 4.69) is 22.4 Å². The van der Waals surface area contributed by atoms with E-state index in [0.29, 0.717) is 23.2 Å². The molecule has 0 aliphatic carbocycles. The Labute approximate surface area is 123 Å². The zero-order chi connectivity index (χ0) is 14.8. The summed E-state index contributed by atoms with van der Waals surface area (Å²) in [6.45, 7) is 3.65. The van der Waals surface area contributed by atoms with Crippen molar-refractivity contribution in [3.8, 4) is 17.1 Å². The number of hydrogen-bond acceptors (Lipinski definition) is 6. The number of benzene rings is 1. The number of nitrogens with zero attached hydrogens (tertiary/aromatic N) is 4. The summed E-state index contributed by atoms with van der Waals surface area (Å²) in [5.74, 6) is 1.79.